The van der Waals surface area contributed by atoms with E-state index in [1.807, 2.05) is 0 Å². The Morgan fingerprint density at radius 1 is 1.38 bits per heavy atom. The molecule has 2 amide bonds. The molecule has 2 aliphatic rings. The summed E-state index contributed by atoms with van der Waals surface area (Å²) in [6, 6.07) is 5.22. The van der Waals surface area contributed by atoms with Gasteiger partial charge in [0.15, 0.2) is 5.82 Å². The average molecular weight is 355 g/mol. The Kier molecular flexibility index (Phi) is 4.20. The van der Waals surface area contributed by atoms with E-state index < -0.39 is 5.41 Å². The number of fused-ring (bicyclic) bond motifs is 1. The van der Waals surface area contributed by atoms with Gasteiger partial charge in [-0.2, -0.15) is 5.10 Å². The van der Waals surface area contributed by atoms with Crippen LogP contribution >= 0.6 is 0 Å². The molecule has 2 atom stereocenters. The molecule has 0 saturated carbocycles. The molecule has 8 heteroatoms. The van der Waals surface area contributed by atoms with Crippen molar-refractivity contribution in [3.8, 4) is 5.82 Å². The number of ether oxygens (including phenoxy) is 1. The quantitative estimate of drug-likeness (QED) is 0.866. The van der Waals surface area contributed by atoms with E-state index in [1.165, 1.54) is 0 Å². The molecule has 2 aromatic heterocycles. The molecule has 2 aromatic rings. The number of rotatable bonds is 3. The number of amides is 2. The van der Waals surface area contributed by atoms with Gasteiger partial charge in [0.1, 0.15) is 0 Å². The van der Waals surface area contributed by atoms with Crippen molar-refractivity contribution in [3.05, 3.63) is 42.4 Å². The maximum absolute atomic E-state index is 13.1. The molecular weight excluding hydrogens is 334 g/mol. The second-order valence-corrected chi connectivity index (χ2v) is 6.80. The van der Waals surface area contributed by atoms with E-state index in [4.69, 9.17) is 4.74 Å². The fourth-order valence-corrected chi connectivity index (χ4v) is 3.99. The van der Waals surface area contributed by atoms with Crippen LogP contribution < -0.4 is 5.32 Å². The fourth-order valence-electron chi connectivity index (χ4n) is 3.99. The first-order valence-corrected chi connectivity index (χ1v) is 8.69. The van der Waals surface area contributed by atoms with Crippen molar-refractivity contribution in [2.45, 2.75) is 6.42 Å². The van der Waals surface area contributed by atoms with Crippen molar-refractivity contribution in [1.82, 2.24) is 25.0 Å². The van der Waals surface area contributed by atoms with Crippen LogP contribution in [-0.2, 0) is 9.53 Å². The number of carbonyl (C=O) groups excluding carboxylic acids is 2. The summed E-state index contributed by atoms with van der Waals surface area (Å²) in [5, 5.41) is 6.92. The van der Waals surface area contributed by atoms with Crippen LogP contribution in [0.1, 0.15) is 16.8 Å². The molecule has 0 aliphatic carbocycles. The molecule has 0 spiro atoms. The van der Waals surface area contributed by atoms with Crippen LogP contribution in [0.5, 0.6) is 0 Å². The third-order valence-electron chi connectivity index (χ3n) is 5.40. The number of nitrogens with zero attached hydrogens (tertiary/aromatic N) is 4. The number of hydrogen-bond donors (Lipinski definition) is 1. The summed E-state index contributed by atoms with van der Waals surface area (Å²) >= 11 is 0. The van der Waals surface area contributed by atoms with Crippen molar-refractivity contribution in [3.63, 3.8) is 0 Å². The standard InChI is InChI=1S/C18H21N5O3/c1-19-17(25)18-4-8-26-11-14(18)10-22(12-18)16(24)13-3-6-20-15(9-13)23-7-2-5-21-23/h2-3,5-7,9,14H,4,8,10-12H2,1H3,(H,19,25)/t14-,18+/m1/s1. The largest absolute Gasteiger partial charge is 0.381 e. The van der Waals surface area contributed by atoms with Gasteiger partial charge in [0, 0.05) is 56.8 Å². The minimum atomic E-state index is -0.555. The van der Waals surface area contributed by atoms with E-state index in [-0.39, 0.29) is 17.7 Å². The van der Waals surface area contributed by atoms with Crippen LogP contribution in [-0.4, -0.2) is 64.8 Å². The number of pyridine rings is 1. The Morgan fingerprint density at radius 3 is 3.04 bits per heavy atom. The highest BCUT2D eigenvalue weighted by Crippen LogP contribution is 2.42. The van der Waals surface area contributed by atoms with Gasteiger partial charge in [-0.05, 0) is 24.6 Å². The number of hydrogen-bond acceptors (Lipinski definition) is 5. The van der Waals surface area contributed by atoms with Crippen molar-refractivity contribution < 1.29 is 14.3 Å². The second-order valence-electron chi connectivity index (χ2n) is 6.80. The van der Waals surface area contributed by atoms with Crippen LogP contribution in [0.3, 0.4) is 0 Å². The average Bonchev–Trinajstić information content (AvgIpc) is 3.35. The van der Waals surface area contributed by atoms with Crippen molar-refractivity contribution >= 4 is 11.8 Å². The molecule has 0 aromatic carbocycles. The lowest BCUT2D eigenvalue weighted by Crippen LogP contribution is -2.49. The Morgan fingerprint density at radius 2 is 2.27 bits per heavy atom. The van der Waals surface area contributed by atoms with Gasteiger partial charge < -0.3 is 15.0 Å². The van der Waals surface area contributed by atoms with Gasteiger partial charge in [-0.25, -0.2) is 9.67 Å². The molecule has 0 radical (unpaired) electrons. The summed E-state index contributed by atoms with van der Waals surface area (Å²) in [4.78, 5) is 31.6. The van der Waals surface area contributed by atoms with E-state index in [0.29, 0.717) is 44.1 Å². The van der Waals surface area contributed by atoms with Crippen LogP contribution in [0.2, 0.25) is 0 Å². The third kappa shape index (κ3) is 2.66. The predicted molar refractivity (Wildman–Crippen MR) is 92.7 cm³/mol. The summed E-state index contributed by atoms with van der Waals surface area (Å²) in [5.41, 5.74) is -0.0161. The van der Waals surface area contributed by atoms with Gasteiger partial charge in [0.2, 0.25) is 5.91 Å². The normalized spacial score (nSPS) is 25.0. The maximum Gasteiger partial charge on any atom is 0.254 e. The van der Waals surface area contributed by atoms with E-state index >= 15 is 0 Å². The Labute approximate surface area is 151 Å². The summed E-state index contributed by atoms with van der Waals surface area (Å²) < 4.78 is 7.18. The molecule has 2 saturated heterocycles. The van der Waals surface area contributed by atoms with Crippen molar-refractivity contribution in [2.24, 2.45) is 11.3 Å². The molecule has 4 heterocycles. The third-order valence-corrected chi connectivity index (χ3v) is 5.40. The Bertz CT molecular complexity index is 822. The van der Waals surface area contributed by atoms with E-state index in [2.05, 4.69) is 15.4 Å². The lowest BCUT2D eigenvalue weighted by Gasteiger charge is -2.36. The number of likely N-dealkylation sites (tertiary alicyclic amines) is 1. The molecule has 136 valence electrons. The minimum absolute atomic E-state index is 0.00643. The van der Waals surface area contributed by atoms with Gasteiger partial charge in [0.05, 0.1) is 12.0 Å². The summed E-state index contributed by atoms with van der Waals surface area (Å²) in [5.74, 6) is 0.501. The first kappa shape index (κ1) is 16.7. The molecule has 2 aliphatic heterocycles. The zero-order valence-electron chi connectivity index (χ0n) is 14.6. The van der Waals surface area contributed by atoms with Crippen molar-refractivity contribution in [2.75, 3.05) is 33.4 Å². The van der Waals surface area contributed by atoms with Crippen LogP contribution in [0.25, 0.3) is 5.82 Å². The monoisotopic (exact) mass is 355 g/mol. The van der Waals surface area contributed by atoms with Crippen molar-refractivity contribution in [1.29, 1.82) is 0 Å². The first-order chi connectivity index (χ1) is 12.6. The Balaban J connectivity index is 1.60. The van der Waals surface area contributed by atoms with E-state index in [9.17, 15) is 9.59 Å². The maximum atomic E-state index is 13.1. The molecule has 0 bridgehead atoms. The van der Waals surface area contributed by atoms with Gasteiger partial charge in [-0.3, -0.25) is 9.59 Å². The predicted octanol–water partition coefficient (Wildman–Crippen LogP) is 0.492. The summed E-state index contributed by atoms with van der Waals surface area (Å²) in [6.45, 7) is 1.99. The smallest absolute Gasteiger partial charge is 0.254 e. The van der Waals surface area contributed by atoms with Gasteiger partial charge in [0.25, 0.3) is 5.91 Å². The van der Waals surface area contributed by atoms with Gasteiger partial charge in [-0.15, -0.1) is 0 Å². The first-order valence-electron chi connectivity index (χ1n) is 8.69. The highest BCUT2D eigenvalue weighted by atomic mass is 16.5. The second kappa shape index (κ2) is 6.53. The van der Waals surface area contributed by atoms with Crippen LogP contribution in [0.4, 0.5) is 0 Å². The molecular formula is C18H21N5O3. The molecule has 26 heavy (non-hydrogen) atoms. The van der Waals surface area contributed by atoms with Gasteiger partial charge in [-0.1, -0.05) is 0 Å². The summed E-state index contributed by atoms with van der Waals surface area (Å²) in [7, 11) is 1.65. The number of nitrogens with one attached hydrogen (secondary N) is 1. The molecule has 8 nitrogen and oxygen atoms in total. The number of carbonyl (C=O) groups is 2. The zero-order chi connectivity index (χ0) is 18.1. The topological polar surface area (TPSA) is 89.4 Å². The lowest BCUT2D eigenvalue weighted by molar-refractivity contribution is -0.138. The van der Waals surface area contributed by atoms with Gasteiger partial charge >= 0.3 is 0 Å². The summed E-state index contributed by atoms with van der Waals surface area (Å²) in [6.07, 6.45) is 5.67. The van der Waals surface area contributed by atoms with E-state index in [1.54, 1.807) is 53.4 Å². The fraction of sp³-hybridized carbons (Fsp3) is 0.444. The molecule has 2 fully saturated rings. The lowest BCUT2D eigenvalue weighted by atomic mass is 9.73. The zero-order valence-corrected chi connectivity index (χ0v) is 14.6. The number of aromatic nitrogens is 3. The van der Waals surface area contributed by atoms with E-state index in [0.717, 1.165) is 0 Å². The molecule has 1 N–H and O–H groups in total. The highest BCUT2D eigenvalue weighted by Gasteiger charge is 2.54. The Hall–Kier alpha value is -2.74. The van der Waals surface area contributed by atoms with Crippen LogP contribution in [0, 0.1) is 11.3 Å². The SMILES string of the molecule is CNC(=O)[C@]12CCOC[C@H]1CN(C(=O)c1ccnc(-n3cccn3)c1)C2. The molecule has 4 rings (SSSR count). The molecule has 0 unspecified atom stereocenters. The van der Waals surface area contributed by atoms with Crippen LogP contribution in [0.15, 0.2) is 36.8 Å². The highest BCUT2D eigenvalue weighted by molar-refractivity contribution is 5.96. The minimum Gasteiger partial charge on any atom is -0.381 e.